The molecule has 1 heterocycles. The van der Waals surface area contributed by atoms with Gasteiger partial charge in [0.15, 0.2) is 5.11 Å². The molecule has 1 rings (SSSR count). The smallest absolute Gasteiger partial charge is 0.166 e. The van der Waals surface area contributed by atoms with Gasteiger partial charge in [-0.15, -0.1) is 0 Å². The third kappa shape index (κ3) is 5.39. The van der Waals surface area contributed by atoms with Crippen molar-refractivity contribution >= 4 is 17.3 Å². The van der Waals surface area contributed by atoms with E-state index in [1.165, 1.54) is 0 Å². The summed E-state index contributed by atoms with van der Waals surface area (Å²) in [5, 5.41) is 6.77. The molecular weight excluding hydrogens is 212 g/mol. The van der Waals surface area contributed by atoms with Crippen molar-refractivity contribution in [3.05, 3.63) is 24.2 Å². The van der Waals surface area contributed by atoms with Crippen molar-refractivity contribution in [1.29, 1.82) is 0 Å². The number of hydrogen-bond donors (Lipinski definition) is 2. The van der Waals surface area contributed by atoms with Crippen molar-refractivity contribution < 1.29 is 9.15 Å². The van der Waals surface area contributed by atoms with Crippen LogP contribution in [0.3, 0.4) is 0 Å². The first-order valence-corrected chi connectivity index (χ1v) is 5.27. The van der Waals surface area contributed by atoms with E-state index in [1.54, 1.807) is 13.4 Å². The molecule has 0 saturated carbocycles. The van der Waals surface area contributed by atoms with E-state index < -0.39 is 0 Å². The summed E-state index contributed by atoms with van der Waals surface area (Å²) >= 11 is 5.07. The first-order chi connectivity index (χ1) is 7.33. The predicted octanol–water partition coefficient (Wildman–Crippen LogP) is 1.28. The number of methoxy groups -OCH3 is 1. The fourth-order valence-corrected chi connectivity index (χ4v) is 1.24. The molecule has 0 atom stereocenters. The molecule has 4 nitrogen and oxygen atoms in total. The van der Waals surface area contributed by atoms with E-state index in [0.717, 1.165) is 25.3 Å². The van der Waals surface area contributed by atoms with Crippen molar-refractivity contribution in [3.63, 3.8) is 0 Å². The number of hydrogen-bond acceptors (Lipinski definition) is 3. The van der Waals surface area contributed by atoms with Crippen LogP contribution in [0, 0.1) is 0 Å². The Balaban J connectivity index is 2.04. The van der Waals surface area contributed by atoms with Crippen molar-refractivity contribution in [2.75, 3.05) is 20.3 Å². The van der Waals surface area contributed by atoms with Gasteiger partial charge in [0.2, 0.25) is 0 Å². The Morgan fingerprint density at radius 1 is 1.53 bits per heavy atom. The SMILES string of the molecule is COCCCNC(=S)NCc1ccco1. The van der Waals surface area contributed by atoms with Gasteiger partial charge in [0.05, 0.1) is 12.8 Å². The minimum absolute atomic E-state index is 0.614. The van der Waals surface area contributed by atoms with Gasteiger partial charge >= 0.3 is 0 Å². The second kappa shape index (κ2) is 7.25. The van der Waals surface area contributed by atoms with Gasteiger partial charge in [0.25, 0.3) is 0 Å². The molecule has 15 heavy (non-hydrogen) atoms. The Bertz CT molecular complexity index is 275. The molecule has 84 valence electrons. The zero-order chi connectivity index (χ0) is 10.9. The maximum atomic E-state index is 5.16. The van der Waals surface area contributed by atoms with Crippen LogP contribution in [0.5, 0.6) is 0 Å². The molecule has 5 heteroatoms. The molecule has 0 amide bonds. The van der Waals surface area contributed by atoms with Gasteiger partial charge in [-0.1, -0.05) is 0 Å². The van der Waals surface area contributed by atoms with Crippen LogP contribution < -0.4 is 10.6 Å². The number of thiocarbonyl (C=S) groups is 1. The highest BCUT2D eigenvalue weighted by atomic mass is 32.1. The van der Waals surface area contributed by atoms with Crippen LogP contribution in [0.1, 0.15) is 12.2 Å². The highest BCUT2D eigenvalue weighted by Crippen LogP contribution is 1.97. The molecule has 0 aliphatic carbocycles. The minimum Gasteiger partial charge on any atom is -0.467 e. The lowest BCUT2D eigenvalue weighted by Crippen LogP contribution is -2.35. The van der Waals surface area contributed by atoms with E-state index in [4.69, 9.17) is 21.4 Å². The van der Waals surface area contributed by atoms with Gasteiger partial charge in [0.1, 0.15) is 5.76 Å². The maximum absolute atomic E-state index is 5.16. The fraction of sp³-hybridized carbons (Fsp3) is 0.500. The lowest BCUT2D eigenvalue weighted by Gasteiger charge is -2.08. The van der Waals surface area contributed by atoms with E-state index in [1.807, 2.05) is 12.1 Å². The van der Waals surface area contributed by atoms with E-state index in [2.05, 4.69) is 10.6 Å². The quantitative estimate of drug-likeness (QED) is 0.567. The predicted molar refractivity (Wildman–Crippen MR) is 62.6 cm³/mol. The molecule has 0 aliphatic rings. The Kier molecular flexibility index (Phi) is 5.80. The summed E-state index contributed by atoms with van der Waals surface area (Å²) in [5.74, 6) is 0.871. The van der Waals surface area contributed by atoms with Crippen molar-refractivity contribution in [2.24, 2.45) is 0 Å². The van der Waals surface area contributed by atoms with E-state index >= 15 is 0 Å². The van der Waals surface area contributed by atoms with Crippen molar-refractivity contribution in [1.82, 2.24) is 10.6 Å². The summed E-state index contributed by atoms with van der Waals surface area (Å²) in [4.78, 5) is 0. The molecule has 0 saturated heterocycles. The minimum atomic E-state index is 0.614. The van der Waals surface area contributed by atoms with Gasteiger partial charge in [0, 0.05) is 20.3 Å². The second-order valence-corrected chi connectivity index (χ2v) is 3.44. The number of furan rings is 1. The van der Waals surface area contributed by atoms with Crippen LogP contribution in [0.4, 0.5) is 0 Å². The molecule has 0 unspecified atom stereocenters. The van der Waals surface area contributed by atoms with Crippen LogP contribution in [0.25, 0.3) is 0 Å². The molecule has 0 aromatic carbocycles. The summed E-state index contributed by atoms with van der Waals surface area (Å²) in [5.41, 5.74) is 0. The number of rotatable bonds is 6. The third-order valence-corrected chi connectivity index (χ3v) is 2.10. The van der Waals surface area contributed by atoms with Gasteiger partial charge in [-0.05, 0) is 30.8 Å². The Morgan fingerprint density at radius 3 is 3.07 bits per heavy atom. The summed E-state index contributed by atoms with van der Waals surface area (Å²) in [6.07, 6.45) is 2.59. The molecule has 1 aromatic rings. The van der Waals surface area contributed by atoms with Crippen LogP contribution in [-0.2, 0) is 11.3 Å². The van der Waals surface area contributed by atoms with Gasteiger partial charge in [-0.2, -0.15) is 0 Å². The monoisotopic (exact) mass is 228 g/mol. The summed E-state index contributed by atoms with van der Waals surface area (Å²) in [7, 11) is 1.69. The largest absolute Gasteiger partial charge is 0.467 e. The van der Waals surface area contributed by atoms with Crippen LogP contribution in [-0.4, -0.2) is 25.4 Å². The summed E-state index contributed by atoms with van der Waals surface area (Å²) in [6, 6.07) is 3.76. The maximum Gasteiger partial charge on any atom is 0.166 e. The third-order valence-electron chi connectivity index (χ3n) is 1.81. The lowest BCUT2D eigenvalue weighted by molar-refractivity contribution is 0.195. The summed E-state index contributed by atoms with van der Waals surface area (Å²) < 4.78 is 10.1. The molecule has 0 fully saturated rings. The van der Waals surface area contributed by atoms with Gasteiger partial charge in [-0.25, -0.2) is 0 Å². The average molecular weight is 228 g/mol. The topological polar surface area (TPSA) is 46.4 Å². The van der Waals surface area contributed by atoms with E-state index in [-0.39, 0.29) is 0 Å². The zero-order valence-corrected chi connectivity index (χ0v) is 9.60. The average Bonchev–Trinajstić information content (AvgIpc) is 2.74. The fourth-order valence-electron chi connectivity index (χ4n) is 1.06. The van der Waals surface area contributed by atoms with E-state index in [0.29, 0.717) is 11.7 Å². The van der Waals surface area contributed by atoms with Crippen LogP contribution in [0.2, 0.25) is 0 Å². The normalized spacial score (nSPS) is 9.93. The van der Waals surface area contributed by atoms with E-state index in [9.17, 15) is 0 Å². The summed E-state index contributed by atoms with van der Waals surface area (Å²) in [6.45, 7) is 2.18. The Labute approximate surface area is 95.0 Å². The molecule has 0 bridgehead atoms. The van der Waals surface area contributed by atoms with Gasteiger partial charge in [-0.3, -0.25) is 0 Å². The molecule has 0 spiro atoms. The molecule has 0 radical (unpaired) electrons. The molecular formula is C10H16N2O2S. The number of ether oxygens (including phenoxy) is 1. The highest BCUT2D eigenvalue weighted by Gasteiger charge is 1.97. The standard InChI is InChI=1S/C10H16N2O2S/c1-13-6-3-5-11-10(15)12-8-9-4-2-7-14-9/h2,4,7H,3,5-6,8H2,1H3,(H2,11,12,15). The van der Waals surface area contributed by atoms with Gasteiger partial charge < -0.3 is 19.8 Å². The zero-order valence-electron chi connectivity index (χ0n) is 8.79. The molecule has 0 aliphatic heterocycles. The first kappa shape index (κ1) is 12.0. The Morgan fingerprint density at radius 2 is 2.40 bits per heavy atom. The second-order valence-electron chi connectivity index (χ2n) is 3.04. The van der Waals surface area contributed by atoms with Crippen molar-refractivity contribution in [3.8, 4) is 0 Å². The molecule has 2 N–H and O–H groups in total. The lowest BCUT2D eigenvalue weighted by atomic mass is 10.4. The van der Waals surface area contributed by atoms with Crippen LogP contribution in [0.15, 0.2) is 22.8 Å². The van der Waals surface area contributed by atoms with Crippen molar-refractivity contribution in [2.45, 2.75) is 13.0 Å². The number of nitrogens with one attached hydrogen (secondary N) is 2. The van der Waals surface area contributed by atoms with Crippen LogP contribution >= 0.6 is 12.2 Å². The Hall–Kier alpha value is -1.07. The molecule has 1 aromatic heterocycles. The highest BCUT2D eigenvalue weighted by molar-refractivity contribution is 7.80. The first-order valence-electron chi connectivity index (χ1n) is 4.86.